The van der Waals surface area contributed by atoms with E-state index in [-0.39, 0.29) is 30.1 Å². The van der Waals surface area contributed by atoms with Crippen molar-refractivity contribution in [3.05, 3.63) is 70.8 Å². The van der Waals surface area contributed by atoms with Crippen LogP contribution < -0.4 is 5.32 Å². The number of aryl methyl sites for hydroxylation is 1. The molecule has 132 valence electrons. The lowest BCUT2D eigenvalue weighted by Crippen LogP contribution is -2.27. The molecule has 1 N–H and O–H groups in total. The van der Waals surface area contributed by atoms with E-state index in [1.165, 1.54) is 0 Å². The summed E-state index contributed by atoms with van der Waals surface area (Å²) in [4.78, 5) is 24.1. The van der Waals surface area contributed by atoms with Crippen LogP contribution in [0.1, 0.15) is 54.2 Å². The summed E-state index contributed by atoms with van der Waals surface area (Å²) in [5.74, 6) is -1.65. The minimum Gasteiger partial charge on any atom is -0.349 e. The lowest BCUT2D eigenvalue weighted by molar-refractivity contribution is -0.121. The third-order valence-corrected chi connectivity index (χ3v) is 4.07. The number of carbonyl (C=O) groups is 2. The quantitative estimate of drug-likeness (QED) is 0.758. The van der Waals surface area contributed by atoms with Crippen LogP contribution in [0.25, 0.3) is 0 Å². The Morgan fingerprint density at radius 1 is 1.04 bits per heavy atom. The molecule has 3 nitrogen and oxygen atoms in total. The van der Waals surface area contributed by atoms with Crippen molar-refractivity contribution in [3.8, 4) is 0 Å². The normalized spacial score (nSPS) is 11.8. The summed E-state index contributed by atoms with van der Waals surface area (Å²) in [6.07, 6.45) is 0.955. The molecule has 2 aromatic carbocycles. The summed E-state index contributed by atoms with van der Waals surface area (Å²) in [6, 6.07) is 9.72. The van der Waals surface area contributed by atoms with Gasteiger partial charge in [0.1, 0.15) is 11.6 Å². The van der Waals surface area contributed by atoms with Crippen molar-refractivity contribution < 1.29 is 18.4 Å². The number of nitrogens with one attached hydrogen (secondary N) is 1. The number of carbonyl (C=O) groups excluding carboxylic acids is 2. The van der Waals surface area contributed by atoms with Gasteiger partial charge in [-0.2, -0.15) is 0 Å². The van der Waals surface area contributed by atoms with E-state index in [4.69, 9.17) is 0 Å². The minimum atomic E-state index is -0.679. The van der Waals surface area contributed by atoms with Gasteiger partial charge in [-0.15, -0.1) is 0 Å². The Morgan fingerprint density at radius 3 is 2.36 bits per heavy atom. The van der Waals surface area contributed by atoms with Gasteiger partial charge in [0.25, 0.3) is 0 Å². The van der Waals surface area contributed by atoms with Gasteiger partial charge in [-0.1, -0.05) is 31.2 Å². The second kappa shape index (κ2) is 8.51. The van der Waals surface area contributed by atoms with Gasteiger partial charge in [-0.05, 0) is 37.1 Å². The van der Waals surface area contributed by atoms with E-state index in [0.29, 0.717) is 5.56 Å². The first kappa shape index (κ1) is 18.8. The fourth-order valence-corrected chi connectivity index (χ4v) is 2.54. The number of hydrogen-bond donors (Lipinski definition) is 1. The van der Waals surface area contributed by atoms with Gasteiger partial charge >= 0.3 is 0 Å². The number of benzene rings is 2. The Balaban J connectivity index is 1.89. The molecule has 1 unspecified atom stereocenters. The average Bonchev–Trinajstić information content (AvgIpc) is 2.61. The van der Waals surface area contributed by atoms with Crippen molar-refractivity contribution in [1.29, 1.82) is 0 Å². The van der Waals surface area contributed by atoms with Crippen LogP contribution in [0.2, 0.25) is 0 Å². The minimum absolute atomic E-state index is 0.00433. The van der Waals surface area contributed by atoms with Gasteiger partial charge in [-0.3, -0.25) is 9.59 Å². The van der Waals surface area contributed by atoms with E-state index >= 15 is 0 Å². The van der Waals surface area contributed by atoms with Gasteiger partial charge in [0.15, 0.2) is 5.78 Å². The third kappa shape index (κ3) is 5.21. The zero-order valence-corrected chi connectivity index (χ0v) is 14.3. The average molecular weight is 345 g/mol. The highest BCUT2D eigenvalue weighted by Crippen LogP contribution is 2.18. The van der Waals surface area contributed by atoms with E-state index in [1.807, 2.05) is 19.1 Å². The summed E-state index contributed by atoms with van der Waals surface area (Å²) in [5.41, 5.74) is 1.78. The Hall–Kier alpha value is -2.56. The lowest BCUT2D eigenvalue weighted by atomic mass is 10.0. The highest BCUT2D eigenvalue weighted by molar-refractivity contribution is 5.98. The first-order valence-corrected chi connectivity index (χ1v) is 8.27. The van der Waals surface area contributed by atoms with Crippen LogP contribution in [0.15, 0.2) is 42.5 Å². The summed E-state index contributed by atoms with van der Waals surface area (Å²) >= 11 is 0. The van der Waals surface area contributed by atoms with Crippen molar-refractivity contribution in [1.82, 2.24) is 5.32 Å². The fraction of sp³-hybridized carbons (Fsp3) is 0.300. The number of rotatable bonds is 7. The van der Waals surface area contributed by atoms with E-state index < -0.39 is 17.7 Å². The zero-order chi connectivity index (χ0) is 18.4. The molecule has 0 bridgehead atoms. The molecule has 0 aliphatic rings. The maximum atomic E-state index is 13.7. The first-order valence-electron chi connectivity index (χ1n) is 8.27. The topological polar surface area (TPSA) is 46.2 Å². The summed E-state index contributed by atoms with van der Waals surface area (Å²) in [7, 11) is 0. The second-order valence-electron chi connectivity index (χ2n) is 5.93. The molecule has 25 heavy (non-hydrogen) atoms. The van der Waals surface area contributed by atoms with Crippen molar-refractivity contribution in [3.63, 3.8) is 0 Å². The third-order valence-electron chi connectivity index (χ3n) is 4.07. The van der Waals surface area contributed by atoms with E-state index in [2.05, 4.69) is 5.32 Å². The van der Waals surface area contributed by atoms with Crippen LogP contribution >= 0.6 is 0 Å². The van der Waals surface area contributed by atoms with E-state index in [9.17, 15) is 18.4 Å². The molecule has 1 atom stereocenters. The molecule has 0 aliphatic carbocycles. The zero-order valence-electron chi connectivity index (χ0n) is 14.3. The molecule has 2 aromatic rings. The Morgan fingerprint density at radius 2 is 1.72 bits per heavy atom. The van der Waals surface area contributed by atoms with Crippen LogP contribution in [0.3, 0.4) is 0 Å². The molecule has 0 fully saturated rings. The van der Waals surface area contributed by atoms with Crippen molar-refractivity contribution >= 4 is 11.7 Å². The van der Waals surface area contributed by atoms with E-state index in [1.54, 1.807) is 19.1 Å². The van der Waals surface area contributed by atoms with Crippen molar-refractivity contribution in [2.24, 2.45) is 0 Å². The predicted octanol–water partition coefficient (Wildman–Crippen LogP) is 4.37. The molecule has 1 amide bonds. The highest BCUT2D eigenvalue weighted by Gasteiger charge is 2.16. The lowest BCUT2D eigenvalue weighted by Gasteiger charge is -2.15. The maximum Gasteiger partial charge on any atom is 0.220 e. The van der Waals surface area contributed by atoms with Gasteiger partial charge in [-0.25, -0.2) is 8.78 Å². The molecular formula is C20H21F2NO2. The summed E-state index contributed by atoms with van der Waals surface area (Å²) < 4.78 is 26.9. The number of ketones is 1. The molecular weight excluding hydrogens is 324 g/mol. The Bertz CT molecular complexity index is 757. The number of halogens is 2. The van der Waals surface area contributed by atoms with Crippen LogP contribution in [-0.4, -0.2) is 11.7 Å². The predicted molar refractivity (Wildman–Crippen MR) is 92.3 cm³/mol. The summed E-state index contributed by atoms with van der Waals surface area (Å²) in [5, 5.41) is 2.59. The Labute approximate surface area is 146 Å². The molecule has 0 spiro atoms. The van der Waals surface area contributed by atoms with Crippen LogP contribution in [0.5, 0.6) is 0 Å². The molecule has 0 aromatic heterocycles. The Kier molecular flexibility index (Phi) is 6.39. The molecule has 0 radical (unpaired) electrons. The number of hydrogen-bond acceptors (Lipinski definition) is 2. The van der Waals surface area contributed by atoms with E-state index in [0.717, 1.165) is 30.2 Å². The van der Waals surface area contributed by atoms with Gasteiger partial charge < -0.3 is 5.32 Å². The molecule has 0 saturated heterocycles. The molecule has 5 heteroatoms. The van der Waals surface area contributed by atoms with Gasteiger partial charge in [0, 0.05) is 24.0 Å². The van der Waals surface area contributed by atoms with Gasteiger partial charge in [0.2, 0.25) is 5.91 Å². The van der Waals surface area contributed by atoms with Crippen LogP contribution in [0.4, 0.5) is 8.78 Å². The molecule has 0 heterocycles. The number of Topliss-reactive ketones (excluding diaryl/α,β-unsaturated/α-hetero) is 1. The van der Waals surface area contributed by atoms with Crippen LogP contribution in [-0.2, 0) is 11.2 Å². The molecule has 0 saturated carbocycles. The molecule has 2 rings (SSSR count). The second-order valence-corrected chi connectivity index (χ2v) is 5.93. The fourth-order valence-electron chi connectivity index (χ4n) is 2.54. The van der Waals surface area contributed by atoms with Crippen molar-refractivity contribution in [2.45, 2.75) is 39.2 Å². The molecule has 0 aliphatic heterocycles. The van der Waals surface area contributed by atoms with Gasteiger partial charge in [0.05, 0.1) is 6.04 Å². The smallest absolute Gasteiger partial charge is 0.220 e. The monoisotopic (exact) mass is 345 g/mol. The van der Waals surface area contributed by atoms with Crippen molar-refractivity contribution in [2.75, 3.05) is 0 Å². The summed E-state index contributed by atoms with van der Waals surface area (Å²) in [6.45, 7) is 3.60. The highest BCUT2D eigenvalue weighted by atomic mass is 19.1. The first-order chi connectivity index (χ1) is 11.9. The SMILES string of the molecule is CCc1ccc(C(=O)CCC(=O)NC(C)c2cc(F)ccc2F)cc1. The number of amides is 1. The maximum absolute atomic E-state index is 13.7. The standard InChI is InChI=1S/C20H21F2NO2/c1-3-14-4-6-15(7-5-14)19(24)10-11-20(25)23-13(2)17-12-16(21)8-9-18(17)22/h4-9,12-13H,3,10-11H2,1-2H3,(H,23,25). The largest absolute Gasteiger partial charge is 0.349 e. The van der Waals surface area contributed by atoms with Crippen LogP contribution in [0, 0.1) is 11.6 Å².